The molecule has 1 N–H and O–H groups in total. The van der Waals surface area contributed by atoms with Gasteiger partial charge in [-0.05, 0) is 24.5 Å². The molecule has 0 saturated heterocycles. The molecule has 1 aromatic carbocycles. The van der Waals surface area contributed by atoms with Gasteiger partial charge in [0, 0.05) is 12.6 Å². The van der Waals surface area contributed by atoms with Crippen LogP contribution in [0.25, 0.3) is 0 Å². The normalized spacial score (nSPS) is 12.1. The Hall–Kier alpha value is -1.88. The quantitative estimate of drug-likeness (QED) is 0.835. The summed E-state index contributed by atoms with van der Waals surface area (Å²) in [6.45, 7) is 5.62. The highest BCUT2D eigenvalue weighted by Crippen LogP contribution is 2.10. The molecule has 0 aliphatic carbocycles. The van der Waals surface area contributed by atoms with Gasteiger partial charge in [-0.2, -0.15) is 0 Å². The number of hydroxylamine groups is 2. The largest absolute Gasteiger partial charge is 0.340 e. The fourth-order valence-electron chi connectivity index (χ4n) is 1.85. The highest BCUT2D eigenvalue weighted by atomic mass is 16.7. The second-order valence-corrected chi connectivity index (χ2v) is 5.03. The molecule has 0 unspecified atom stereocenters. The van der Waals surface area contributed by atoms with Gasteiger partial charge >= 0.3 is 0 Å². The van der Waals surface area contributed by atoms with Crippen molar-refractivity contribution in [2.75, 3.05) is 14.2 Å². The van der Waals surface area contributed by atoms with Crippen LogP contribution in [0.4, 0.5) is 0 Å². The third-order valence-electron chi connectivity index (χ3n) is 3.19. The number of carbonyl (C=O) groups excluding carboxylic acids is 2. The van der Waals surface area contributed by atoms with E-state index in [0.717, 1.165) is 10.6 Å². The van der Waals surface area contributed by atoms with Gasteiger partial charge in [0.1, 0.15) is 6.04 Å². The van der Waals surface area contributed by atoms with Crippen LogP contribution in [-0.4, -0.2) is 37.1 Å². The van der Waals surface area contributed by atoms with E-state index < -0.39 is 6.04 Å². The van der Waals surface area contributed by atoms with Crippen LogP contribution in [0.3, 0.4) is 0 Å². The summed E-state index contributed by atoms with van der Waals surface area (Å²) in [7, 11) is 2.94. The number of hydrogen-bond acceptors (Lipinski definition) is 3. The number of nitrogens with zero attached hydrogens (tertiary/aromatic N) is 1. The number of benzene rings is 1. The summed E-state index contributed by atoms with van der Waals surface area (Å²) in [6, 6.07) is 6.66. The molecule has 0 saturated carbocycles. The van der Waals surface area contributed by atoms with Crippen LogP contribution in [-0.2, 0) is 9.63 Å². The van der Waals surface area contributed by atoms with Crippen molar-refractivity contribution in [2.24, 2.45) is 5.92 Å². The zero-order valence-electron chi connectivity index (χ0n) is 12.6. The van der Waals surface area contributed by atoms with Gasteiger partial charge in [-0.25, -0.2) is 5.06 Å². The van der Waals surface area contributed by atoms with Gasteiger partial charge in [-0.1, -0.05) is 32.0 Å². The molecule has 1 rings (SSSR count). The van der Waals surface area contributed by atoms with E-state index in [2.05, 4.69) is 5.32 Å². The van der Waals surface area contributed by atoms with Crippen molar-refractivity contribution in [3.8, 4) is 0 Å². The van der Waals surface area contributed by atoms with Gasteiger partial charge < -0.3 is 5.32 Å². The van der Waals surface area contributed by atoms with E-state index >= 15 is 0 Å². The minimum atomic E-state index is -0.618. The summed E-state index contributed by atoms with van der Waals surface area (Å²) >= 11 is 0. The van der Waals surface area contributed by atoms with Gasteiger partial charge in [0.05, 0.1) is 7.11 Å². The van der Waals surface area contributed by atoms with Crippen molar-refractivity contribution in [1.82, 2.24) is 10.4 Å². The number of aryl methyl sites for hydroxylation is 1. The lowest BCUT2D eigenvalue weighted by molar-refractivity contribution is -0.171. The van der Waals surface area contributed by atoms with E-state index in [4.69, 9.17) is 4.84 Å². The molecule has 2 amide bonds. The Morgan fingerprint density at radius 3 is 2.35 bits per heavy atom. The van der Waals surface area contributed by atoms with Crippen LogP contribution in [0, 0.1) is 12.8 Å². The molecule has 110 valence electrons. The molecule has 1 aromatic rings. The lowest BCUT2D eigenvalue weighted by atomic mass is 10.0. The molecule has 5 nitrogen and oxygen atoms in total. The highest BCUT2D eigenvalue weighted by molar-refractivity contribution is 5.98. The number of hydrogen-bond donors (Lipinski definition) is 1. The van der Waals surface area contributed by atoms with Gasteiger partial charge in [-0.3, -0.25) is 14.4 Å². The number of amides is 2. The molecule has 0 aliphatic rings. The Labute approximate surface area is 119 Å². The first-order chi connectivity index (χ1) is 9.38. The summed E-state index contributed by atoms with van der Waals surface area (Å²) in [5.74, 6) is -0.558. The number of nitrogens with one attached hydrogen (secondary N) is 1. The summed E-state index contributed by atoms with van der Waals surface area (Å²) in [6.07, 6.45) is 0. The Bertz CT molecular complexity index is 486. The van der Waals surface area contributed by atoms with E-state index in [-0.39, 0.29) is 17.7 Å². The van der Waals surface area contributed by atoms with Crippen molar-refractivity contribution in [3.05, 3.63) is 35.4 Å². The first-order valence-electron chi connectivity index (χ1n) is 6.56. The second kappa shape index (κ2) is 7.05. The number of carbonyl (C=O) groups is 2. The third-order valence-corrected chi connectivity index (χ3v) is 3.19. The van der Waals surface area contributed by atoms with Crippen LogP contribution >= 0.6 is 0 Å². The molecule has 1 atom stereocenters. The molecule has 0 aliphatic heterocycles. The molecule has 0 bridgehead atoms. The monoisotopic (exact) mass is 278 g/mol. The molecule has 0 fully saturated rings. The van der Waals surface area contributed by atoms with Crippen LogP contribution in [0.2, 0.25) is 0 Å². The lowest BCUT2D eigenvalue weighted by Gasteiger charge is -2.25. The number of likely N-dealkylation sites (N-methyl/N-ethyl adjacent to an activating group) is 1. The molecule has 0 spiro atoms. The predicted octanol–water partition coefficient (Wildman–Crippen LogP) is 1.77. The summed E-state index contributed by atoms with van der Waals surface area (Å²) in [4.78, 5) is 29.3. The smallest absolute Gasteiger partial charge is 0.268 e. The maximum Gasteiger partial charge on any atom is 0.268 e. The van der Waals surface area contributed by atoms with Crippen molar-refractivity contribution in [1.29, 1.82) is 0 Å². The molecule has 20 heavy (non-hydrogen) atoms. The zero-order valence-corrected chi connectivity index (χ0v) is 12.6. The number of rotatable bonds is 5. The summed E-state index contributed by atoms with van der Waals surface area (Å²) in [5.41, 5.74) is 1.45. The lowest BCUT2D eigenvalue weighted by Crippen LogP contribution is -2.50. The van der Waals surface area contributed by atoms with Crippen LogP contribution in [0.1, 0.15) is 29.8 Å². The minimum absolute atomic E-state index is 0.0342. The molecule has 5 heteroatoms. The Balaban J connectivity index is 2.89. The van der Waals surface area contributed by atoms with Gasteiger partial charge in [-0.15, -0.1) is 0 Å². The van der Waals surface area contributed by atoms with E-state index in [1.807, 2.05) is 32.9 Å². The predicted molar refractivity (Wildman–Crippen MR) is 77.1 cm³/mol. The standard InChI is InChI=1S/C15H22N2O3/c1-10(2)13(15(19)17(4)20-5)16-14(18)12-9-7-6-8-11(12)3/h6-10,13H,1-5H3,(H,16,18)/t13-/m1/s1. The first-order valence-corrected chi connectivity index (χ1v) is 6.56. The summed E-state index contributed by atoms with van der Waals surface area (Å²) < 4.78 is 0. The average Bonchev–Trinajstić information content (AvgIpc) is 2.43. The molecule has 0 heterocycles. The fourth-order valence-corrected chi connectivity index (χ4v) is 1.85. The van der Waals surface area contributed by atoms with Crippen molar-refractivity contribution < 1.29 is 14.4 Å². The summed E-state index contributed by atoms with van der Waals surface area (Å²) in [5, 5.41) is 3.91. The molecule has 0 aromatic heterocycles. The SMILES string of the molecule is CON(C)C(=O)[C@H](NC(=O)c1ccccc1C)C(C)C. The zero-order chi connectivity index (χ0) is 15.3. The first kappa shape index (κ1) is 16.2. The van der Waals surface area contributed by atoms with Gasteiger partial charge in [0.25, 0.3) is 11.8 Å². The maximum absolute atomic E-state index is 12.3. The van der Waals surface area contributed by atoms with Gasteiger partial charge in [0.2, 0.25) is 0 Å². The van der Waals surface area contributed by atoms with E-state index in [1.165, 1.54) is 14.2 Å². The second-order valence-electron chi connectivity index (χ2n) is 5.03. The van der Waals surface area contributed by atoms with E-state index in [9.17, 15) is 9.59 Å². The van der Waals surface area contributed by atoms with E-state index in [0.29, 0.717) is 5.56 Å². The Morgan fingerprint density at radius 1 is 1.25 bits per heavy atom. The van der Waals surface area contributed by atoms with Gasteiger partial charge in [0.15, 0.2) is 0 Å². The maximum atomic E-state index is 12.3. The van der Waals surface area contributed by atoms with E-state index in [1.54, 1.807) is 12.1 Å². The molecule has 0 radical (unpaired) electrons. The van der Waals surface area contributed by atoms with Crippen molar-refractivity contribution in [3.63, 3.8) is 0 Å². The highest BCUT2D eigenvalue weighted by Gasteiger charge is 2.27. The topological polar surface area (TPSA) is 58.6 Å². The minimum Gasteiger partial charge on any atom is -0.340 e. The van der Waals surface area contributed by atoms with Crippen LogP contribution in [0.15, 0.2) is 24.3 Å². The molecular weight excluding hydrogens is 256 g/mol. The Kier molecular flexibility index (Phi) is 5.70. The van der Waals surface area contributed by atoms with Crippen LogP contribution in [0.5, 0.6) is 0 Å². The third kappa shape index (κ3) is 3.81. The average molecular weight is 278 g/mol. The molecular formula is C15H22N2O3. The Morgan fingerprint density at radius 2 is 1.85 bits per heavy atom. The van der Waals surface area contributed by atoms with Crippen LogP contribution < -0.4 is 5.32 Å². The van der Waals surface area contributed by atoms with Crippen molar-refractivity contribution in [2.45, 2.75) is 26.8 Å². The fraction of sp³-hybridized carbons (Fsp3) is 0.467. The van der Waals surface area contributed by atoms with Crippen molar-refractivity contribution >= 4 is 11.8 Å².